The molecule has 1 aliphatic rings. The summed E-state index contributed by atoms with van der Waals surface area (Å²) in [5.74, 6) is -1.82. The molecule has 2 unspecified atom stereocenters. The first-order valence-electron chi connectivity index (χ1n) is 5.41. The molecule has 0 amide bonds. The molecule has 0 spiro atoms. The number of benzene rings is 1. The van der Waals surface area contributed by atoms with E-state index in [1.54, 1.807) is 12.1 Å². The fraction of sp³-hybridized carbons (Fsp3) is 0.500. The first-order chi connectivity index (χ1) is 7.52. The van der Waals surface area contributed by atoms with Gasteiger partial charge in [0.05, 0.1) is 12.6 Å². The molecule has 0 radical (unpaired) electrons. The lowest BCUT2D eigenvalue weighted by Crippen LogP contribution is -2.58. The van der Waals surface area contributed by atoms with Crippen LogP contribution in [0.5, 0.6) is 0 Å². The molecule has 3 atom stereocenters. The van der Waals surface area contributed by atoms with Gasteiger partial charge in [0.1, 0.15) is 5.82 Å². The topological polar surface area (TPSA) is 41.5 Å². The predicted molar refractivity (Wildman–Crippen MR) is 68.6 cm³/mol. The van der Waals surface area contributed by atoms with Gasteiger partial charge in [0.2, 0.25) is 5.79 Å². The predicted octanol–water partition coefficient (Wildman–Crippen LogP) is 1.95. The largest absolute Gasteiger partial charge is 0.361 e. The maximum Gasteiger partial charge on any atom is 0.208 e. The summed E-state index contributed by atoms with van der Waals surface area (Å²) in [4.78, 5) is 0. The minimum absolute atomic E-state index is 0. The smallest absolute Gasteiger partial charge is 0.208 e. The van der Waals surface area contributed by atoms with Crippen LogP contribution in [0.1, 0.15) is 19.4 Å². The molecule has 0 saturated carbocycles. The van der Waals surface area contributed by atoms with Crippen LogP contribution in [0.4, 0.5) is 4.39 Å². The van der Waals surface area contributed by atoms with Crippen molar-refractivity contribution in [2.75, 3.05) is 6.61 Å². The summed E-state index contributed by atoms with van der Waals surface area (Å²) in [5, 5.41) is 13.6. The lowest BCUT2D eigenvalue weighted by atomic mass is 9.96. The van der Waals surface area contributed by atoms with Gasteiger partial charge in [-0.15, -0.1) is 17.0 Å². The van der Waals surface area contributed by atoms with Crippen LogP contribution in [0.2, 0.25) is 0 Å². The van der Waals surface area contributed by atoms with Gasteiger partial charge in [0, 0.05) is 11.6 Å². The van der Waals surface area contributed by atoms with E-state index in [9.17, 15) is 9.50 Å². The monoisotopic (exact) mass is 305 g/mol. The van der Waals surface area contributed by atoms with Gasteiger partial charge in [-0.05, 0) is 26.0 Å². The molecule has 5 heteroatoms. The summed E-state index contributed by atoms with van der Waals surface area (Å²) in [7, 11) is 0. The molecule has 2 N–H and O–H groups in total. The van der Waals surface area contributed by atoms with Gasteiger partial charge >= 0.3 is 0 Å². The van der Waals surface area contributed by atoms with Crippen molar-refractivity contribution >= 4 is 17.0 Å². The quantitative estimate of drug-likeness (QED) is 0.833. The summed E-state index contributed by atoms with van der Waals surface area (Å²) < 4.78 is 18.6. The van der Waals surface area contributed by atoms with Crippen molar-refractivity contribution in [2.24, 2.45) is 0 Å². The molecule has 0 aliphatic carbocycles. The molecule has 0 aromatic heterocycles. The second-order valence-electron chi connectivity index (χ2n) is 4.31. The van der Waals surface area contributed by atoms with Crippen molar-refractivity contribution in [2.45, 2.75) is 31.7 Å². The van der Waals surface area contributed by atoms with Crippen LogP contribution in [0.3, 0.4) is 0 Å². The van der Waals surface area contributed by atoms with Crippen molar-refractivity contribution in [3.8, 4) is 0 Å². The van der Waals surface area contributed by atoms with E-state index in [0.717, 1.165) is 0 Å². The Balaban J connectivity index is 0.00000144. The molecular weight excluding hydrogens is 289 g/mol. The summed E-state index contributed by atoms with van der Waals surface area (Å²) >= 11 is 0. The summed E-state index contributed by atoms with van der Waals surface area (Å²) in [6.45, 7) is 4.19. The van der Waals surface area contributed by atoms with Gasteiger partial charge in [-0.3, -0.25) is 0 Å². The number of hydrogen-bond donors (Lipinski definition) is 2. The van der Waals surface area contributed by atoms with Crippen LogP contribution in [-0.4, -0.2) is 23.8 Å². The molecule has 1 saturated heterocycles. The molecule has 2 rings (SSSR count). The molecule has 1 aromatic carbocycles. The Bertz CT molecular complexity index is 391. The molecule has 1 aromatic rings. The average Bonchev–Trinajstić information content (AvgIpc) is 2.24. The van der Waals surface area contributed by atoms with Crippen LogP contribution in [0.15, 0.2) is 24.3 Å². The maximum absolute atomic E-state index is 13.1. The second-order valence-corrected chi connectivity index (χ2v) is 4.31. The first-order valence-corrected chi connectivity index (χ1v) is 5.41. The van der Waals surface area contributed by atoms with E-state index in [1.807, 2.05) is 13.8 Å². The number of aliphatic hydroxyl groups is 1. The Hall–Kier alpha value is -0.490. The highest BCUT2D eigenvalue weighted by atomic mass is 79.9. The first kappa shape index (κ1) is 14.6. The Morgan fingerprint density at radius 2 is 2.18 bits per heavy atom. The number of rotatable bonds is 1. The van der Waals surface area contributed by atoms with Crippen LogP contribution < -0.4 is 5.32 Å². The van der Waals surface area contributed by atoms with E-state index in [4.69, 9.17) is 4.74 Å². The molecule has 1 fully saturated rings. The minimum Gasteiger partial charge on any atom is -0.361 e. The van der Waals surface area contributed by atoms with Crippen LogP contribution in [-0.2, 0) is 10.5 Å². The van der Waals surface area contributed by atoms with E-state index in [1.165, 1.54) is 12.1 Å². The Morgan fingerprint density at radius 1 is 1.47 bits per heavy atom. The highest BCUT2D eigenvalue weighted by molar-refractivity contribution is 8.93. The van der Waals surface area contributed by atoms with Gasteiger partial charge in [-0.1, -0.05) is 12.1 Å². The molecule has 96 valence electrons. The third-order valence-corrected chi connectivity index (χ3v) is 2.91. The highest BCUT2D eigenvalue weighted by Gasteiger charge is 2.41. The van der Waals surface area contributed by atoms with E-state index < -0.39 is 5.79 Å². The van der Waals surface area contributed by atoms with Gasteiger partial charge in [-0.25, -0.2) is 4.39 Å². The molecule has 3 nitrogen and oxygen atoms in total. The standard InChI is InChI=1S/C12H16FNO2.BrH/c1-8-7-16-12(15,9(2)14-8)10-4-3-5-11(13)6-10;/h3-6,8-9,14-15H,7H2,1-2H3;1H/t8-,9?,12?;/m0./s1. The van der Waals surface area contributed by atoms with E-state index in [2.05, 4.69) is 5.32 Å². The van der Waals surface area contributed by atoms with E-state index >= 15 is 0 Å². The SMILES string of the molecule is Br.CC1N[C@@H](C)COC1(O)c1cccc(F)c1. The van der Waals surface area contributed by atoms with Gasteiger partial charge < -0.3 is 15.2 Å². The lowest BCUT2D eigenvalue weighted by Gasteiger charge is -2.41. The van der Waals surface area contributed by atoms with E-state index in [-0.39, 0.29) is 34.9 Å². The van der Waals surface area contributed by atoms with Crippen molar-refractivity contribution < 1.29 is 14.2 Å². The van der Waals surface area contributed by atoms with Crippen LogP contribution in [0, 0.1) is 5.82 Å². The number of hydrogen-bond acceptors (Lipinski definition) is 3. The maximum atomic E-state index is 13.1. The molecular formula is C12H17BrFNO2. The van der Waals surface area contributed by atoms with Crippen molar-refractivity contribution in [3.05, 3.63) is 35.6 Å². The average molecular weight is 306 g/mol. The van der Waals surface area contributed by atoms with Crippen molar-refractivity contribution in [1.29, 1.82) is 0 Å². The van der Waals surface area contributed by atoms with E-state index in [0.29, 0.717) is 12.2 Å². The number of morpholine rings is 1. The Kier molecular flexibility index (Phi) is 4.66. The third-order valence-electron chi connectivity index (χ3n) is 2.91. The van der Waals surface area contributed by atoms with Crippen molar-refractivity contribution in [3.63, 3.8) is 0 Å². The fourth-order valence-corrected chi connectivity index (χ4v) is 2.01. The minimum atomic E-state index is -1.45. The zero-order valence-corrected chi connectivity index (χ0v) is 11.5. The molecule has 17 heavy (non-hydrogen) atoms. The Labute approximate surface area is 111 Å². The lowest BCUT2D eigenvalue weighted by molar-refractivity contribution is -0.252. The fourth-order valence-electron chi connectivity index (χ4n) is 2.01. The zero-order chi connectivity index (χ0) is 11.8. The summed E-state index contributed by atoms with van der Waals surface area (Å²) in [5.41, 5.74) is 0.444. The number of ether oxygens (including phenoxy) is 1. The molecule has 1 aliphatic heterocycles. The van der Waals surface area contributed by atoms with Crippen LogP contribution >= 0.6 is 17.0 Å². The van der Waals surface area contributed by atoms with Gasteiger partial charge in [-0.2, -0.15) is 0 Å². The van der Waals surface area contributed by atoms with Crippen LogP contribution in [0.25, 0.3) is 0 Å². The zero-order valence-electron chi connectivity index (χ0n) is 9.81. The van der Waals surface area contributed by atoms with Gasteiger partial charge in [0.25, 0.3) is 0 Å². The molecule has 0 bridgehead atoms. The normalized spacial score (nSPS) is 32.9. The second kappa shape index (κ2) is 5.44. The van der Waals surface area contributed by atoms with Crippen molar-refractivity contribution in [1.82, 2.24) is 5.32 Å². The summed E-state index contributed by atoms with van der Waals surface area (Å²) in [6.07, 6.45) is 0. The summed E-state index contributed by atoms with van der Waals surface area (Å²) in [6, 6.07) is 5.78. The number of nitrogens with one attached hydrogen (secondary N) is 1. The number of halogens is 2. The Morgan fingerprint density at radius 3 is 2.76 bits per heavy atom. The third kappa shape index (κ3) is 2.85. The molecule has 1 heterocycles. The van der Waals surface area contributed by atoms with Gasteiger partial charge in [0.15, 0.2) is 0 Å². The highest BCUT2D eigenvalue weighted by Crippen LogP contribution is 2.30.